The third-order valence-electron chi connectivity index (χ3n) is 6.38. The molecule has 2 bridgehead atoms. The number of nitrogens with zero attached hydrogens (tertiary/aromatic N) is 4. The lowest BCUT2D eigenvalue weighted by molar-refractivity contribution is -0.140. The molecule has 0 aromatic carbocycles. The number of rotatable bonds is 3. The molecule has 2 heterocycles. The predicted molar refractivity (Wildman–Crippen MR) is 107 cm³/mol. The fourth-order valence-corrected chi connectivity index (χ4v) is 4.98. The maximum absolute atomic E-state index is 13.0. The largest absolute Gasteiger partial charge is 0.340 e. The normalized spacial score (nSPS) is 31.0. The summed E-state index contributed by atoms with van der Waals surface area (Å²) >= 11 is 0. The quantitative estimate of drug-likeness (QED) is 0.805. The van der Waals surface area contributed by atoms with Crippen LogP contribution >= 0.6 is 24.8 Å². The minimum Gasteiger partial charge on any atom is -0.340 e. The van der Waals surface area contributed by atoms with Gasteiger partial charge in [0.25, 0.3) is 0 Å². The van der Waals surface area contributed by atoms with Gasteiger partial charge in [-0.3, -0.25) is 9.69 Å². The van der Waals surface area contributed by atoms with Crippen LogP contribution in [-0.4, -0.2) is 58.1 Å². The van der Waals surface area contributed by atoms with Crippen LogP contribution in [0.2, 0.25) is 0 Å². The lowest BCUT2D eigenvalue weighted by Crippen LogP contribution is -2.53. The monoisotopic (exact) mass is 419 g/mol. The number of carbonyl (C=O) groups excluding carboxylic acids is 1. The number of hydrogen-bond donors (Lipinski definition) is 1. The second-order valence-corrected chi connectivity index (χ2v) is 8.03. The van der Waals surface area contributed by atoms with Crippen molar-refractivity contribution in [1.82, 2.24) is 19.9 Å². The van der Waals surface area contributed by atoms with E-state index in [0.29, 0.717) is 36.2 Å². The average Bonchev–Trinajstić information content (AvgIpc) is 2.99. The number of aromatic nitrogens is 2. The molecule has 1 aliphatic heterocycles. The Morgan fingerprint density at radius 2 is 1.78 bits per heavy atom. The maximum atomic E-state index is 13.0. The van der Waals surface area contributed by atoms with Gasteiger partial charge in [-0.25, -0.2) is 0 Å². The Balaban J connectivity index is 0.00000131. The summed E-state index contributed by atoms with van der Waals surface area (Å²) in [5, 5.41) is 3.96. The summed E-state index contributed by atoms with van der Waals surface area (Å²) in [5.74, 6) is 3.00. The van der Waals surface area contributed by atoms with Crippen LogP contribution in [0.25, 0.3) is 0 Å². The molecule has 0 spiro atoms. The number of nitrogens with two attached hydrogens (primary N) is 1. The molecule has 9 heteroatoms. The summed E-state index contributed by atoms with van der Waals surface area (Å²) in [5.41, 5.74) is 6.37. The van der Waals surface area contributed by atoms with Crippen molar-refractivity contribution in [3.8, 4) is 0 Å². The van der Waals surface area contributed by atoms with E-state index < -0.39 is 0 Å². The highest BCUT2D eigenvalue weighted by Crippen LogP contribution is 2.42. The van der Waals surface area contributed by atoms with E-state index in [0.717, 1.165) is 44.8 Å². The molecule has 2 unspecified atom stereocenters. The lowest BCUT2D eigenvalue weighted by atomic mass is 9.65. The molecule has 2 atom stereocenters. The number of piperazine rings is 1. The van der Waals surface area contributed by atoms with E-state index in [2.05, 4.69) is 19.9 Å². The topological polar surface area (TPSA) is 88.5 Å². The Morgan fingerprint density at radius 3 is 2.33 bits per heavy atom. The fraction of sp³-hybridized carbons (Fsp3) is 0.833. The Bertz CT molecular complexity index is 607. The van der Waals surface area contributed by atoms with Crippen LogP contribution < -0.4 is 5.73 Å². The van der Waals surface area contributed by atoms with Crippen LogP contribution in [-0.2, 0) is 11.3 Å². The molecule has 1 aromatic rings. The van der Waals surface area contributed by atoms with Crippen molar-refractivity contribution in [3.63, 3.8) is 0 Å². The van der Waals surface area contributed by atoms with Gasteiger partial charge < -0.3 is 15.2 Å². The molecule has 1 aromatic heterocycles. The first kappa shape index (κ1) is 22.4. The van der Waals surface area contributed by atoms with E-state index in [1.54, 1.807) is 6.92 Å². The average molecular weight is 420 g/mol. The SMILES string of the molecule is Cc1nc(CN2CCN(C(=O)C3CC4CCCC(C3)C4N)CC2)no1.Cl.Cl. The van der Waals surface area contributed by atoms with Crippen molar-refractivity contribution in [3.05, 3.63) is 11.7 Å². The summed E-state index contributed by atoms with van der Waals surface area (Å²) in [4.78, 5) is 21.6. The van der Waals surface area contributed by atoms with Gasteiger partial charge in [0.2, 0.25) is 11.8 Å². The van der Waals surface area contributed by atoms with Gasteiger partial charge in [0.05, 0.1) is 6.54 Å². The van der Waals surface area contributed by atoms with Gasteiger partial charge in [-0.05, 0) is 37.5 Å². The van der Waals surface area contributed by atoms with Gasteiger partial charge in [0.15, 0.2) is 5.82 Å². The molecule has 1 amide bonds. The third kappa shape index (κ3) is 4.94. The van der Waals surface area contributed by atoms with E-state index in [1.807, 2.05) is 0 Å². The van der Waals surface area contributed by atoms with Crippen LogP contribution in [0.3, 0.4) is 0 Å². The second kappa shape index (κ2) is 9.54. The highest BCUT2D eigenvalue weighted by Gasteiger charge is 2.41. The number of carbonyl (C=O) groups is 1. The van der Waals surface area contributed by atoms with Crippen LogP contribution in [0.1, 0.15) is 43.8 Å². The van der Waals surface area contributed by atoms with Gasteiger partial charge in [0.1, 0.15) is 0 Å². The van der Waals surface area contributed by atoms with Crippen molar-refractivity contribution < 1.29 is 9.32 Å². The Labute approximate surface area is 173 Å². The molecule has 2 N–H and O–H groups in total. The zero-order chi connectivity index (χ0) is 17.4. The van der Waals surface area contributed by atoms with Crippen molar-refractivity contribution in [2.24, 2.45) is 23.5 Å². The predicted octanol–water partition coefficient (Wildman–Crippen LogP) is 2.02. The van der Waals surface area contributed by atoms with E-state index in [-0.39, 0.29) is 30.7 Å². The summed E-state index contributed by atoms with van der Waals surface area (Å²) in [6, 6.07) is 0.327. The summed E-state index contributed by atoms with van der Waals surface area (Å²) in [6.07, 6.45) is 5.70. The molecule has 2 aliphatic carbocycles. The molecule has 1 saturated heterocycles. The van der Waals surface area contributed by atoms with Crippen LogP contribution in [0.15, 0.2) is 4.52 Å². The van der Waals surface area contributed by atoms with Crippen LogP contribution in [0, 0.1) is 24.7 Å². The summed E-state index contributed by atoms with van der Waals surface area (Å²) < 4.78 is 5.03. The van der Waals surface area contributed by atoms with Crippen molar-refractivity contribution >= 4 is 30.7 Å². The van der Waals surface area contributed by atoms with E-state index >= 15 is 0 Å². The van der Waals surface area contributed by atoms with Gasteiger partial charge in [0, 0.05) is 45.1 Å². The molecule has 7 nitrogen and oxygen atoms in total. The van der Waals surface area contributed by atoms with Crippen molar-refractivity contribution in [1.29, 1.82) is 0 Å². The molecule has 27 heavy (non-hydrogen) atoms. The van der Waals surface area contributed by atoms with E-state index in [9.17, 15) is 4.79 Å². The van der Waals surface area contributed by atoms with E-state index in [4.69, 9.17) is 10.3 Å². The first-order chi connectivity index (χ1) is 12.1. The van der Waals surface area contributed by atoms with Crippen molar-refractivity contribution in [2.45, 2.75) is 51.6 Å². The Morgan fingerprint density at radius 1 is 1.15 bits per heavy atom. The number of fused-ring (bicyclic) bond motifs is 2. The molecule has 4 rings (SSSR count). The Kier molecular flexibility index (Phi) is 7.92. The number of amides is 1. The van der Waals surface area contributed by atoms with Gasteiger partial charge >= 0.3 is 0 Å². The summed E-state index contributed by atoms with van der Waals surface area (Å²) in [6.45, 7) is 5.85. The maximum Gasteiger partial charge on any atom is 0.225 e. The molecular formula is C18H31Cl2N5O2. The van der Waals surface area contributed by atoms with Crippen molar-refractivity contribution in [2.75, 3.05) is 26.2 Å². The minimum absolute atomic E-state index is 0. The first-order valence-electron chi connectivity index (χ1n) is 9.66. The molecule has 2 saturated carbocycles. The number of aryl methyl sites for hydroxylation is 1. The third-order valence-corrected chi connectivity index (χ3v) is 6.38. The van der Waals surface area contributed by atoms with Crippen LogP contribution in [0.4, 0.5) is 0 Å². The van der Waals surface area contributed by atoms with Gasteiger partial charge in [-0.1, -0.05) is 11.6 Å². The summed E-state index contributed by atoms with van der Waals surface area (Å²) in [7, 11) is 0. The second-order valence-electron chi connectivity index (χ2n) is 8.03. The van der Waals surface area contributed by atoms with Gasteiger partial charge in [-0.2, -0.15) is 4.98 Å². The first-order valence-corrected chi connectivity index (χ1v) is 9.66. The minimum atomic E-state index is 0. The standard InChI is InChI=1S/C18H29N5O2.2ClH/c1-12-20-16(21-25-12)11-22-5-7-23(8-6-22)18(24)15-9-13-3-2-4-14(10-15)17(13)19;;/h13-15,17H,2-11,19H2,1H3;2*1H. The number of hydrogen-bond acceptors (Lipinski definition) is 6. The zero-order valence-corrected chi connectivity index (χ0v) is 17.5. The van der Waals surface area contributed by atoms with E-state index in [1.165, 1.54) is 19.3 Å². The van der Waals surface area contributed by atoms with Gasteiger partial charge in [-0.15, -0.1) is 24.8 Å². The molecule has 3 fully saturated rings. The zero-order valence-electron chi connectivity index (χ0n) is 15.9. The highest BCUT2D eigenvalue weighted by atomic mass is 35.5. The smallest absolute Gasteiger partial charge is 0.225 e. The molecule has 154 valence electrons. The molecule has 0 radical (unpaired) electrons. The molecular weight excluding hydrogens is 389 g/mol. The fourth-order valence-electron chi connectivity index (χ4n) is 4.98. The highest BCUT2D eigenvalue weighted by molar-refractivity contribution is 5.85. The van der Waals surface area contributed by atoms with Crippen LogP contribution in [0.5, 0.6) is 0 Å². The molecule has 3 aliphatic rings. The Hall–Kier alpha value is -0.890. The number of halogens is 2. The lowest BCUT2D eigenvalue weighted by Gasteiger charge is -2.45.